The van der Waals surface area contributed by atoms with E-state index in [1.165, 1.54) is 12.1 Å². The van der Waals surface area contributed by atoms with Crippen molar-refractivity contribution in [2.75, 3.05) is 5.75 Å². The third-order valence-corrected chi connectivity index (χ3v) is 3.76. The number of hydrogen-bond donors (Lipinski definition) is 0. The maximum absolute atomic E-state index is 11.8. The quantitative estimate of drug-likeness (QED) is 0.325. The Morgan fingerprint density at radius 2 is 1.94 bits per heavy atom. The Morgan fingerprint density at radius 1 is 1.29 bits per heavy atom. The maximum atomic E-state index is 11.8. The van der Waals surface area contributed by atoms with E-state index in [2.05, 4.69) is 6.58 Å². The molecule has 0 saturated heterocycles. The Hall–Kier alpha value is -1.49. The van der Waals surface area contributed by atoms with Gasteiger partial charge in [0.15, 0.2) is 0 Å². The molecule has 0 fully saturated rings. The molecular weight excluding hydrogens is 238 g/mol. The van der Waals surface area contributed by atoms with Crippen molar-refractivity contribution in [3.8, 4) is 0 Å². The van der Waals surface area contributed by atoms with Crippen LogP contribution in [0.1, 0.15) is 19.3 Å². The van der Waals surface area contributed by atoms with Gasteiger partial charge in [-0.05, 0) is 31.4 Å². The molecule has 0 bridgehead atoms. The van der Waals surface area contributed by atoms with Crippen molar-refractivity contribution >= 4 is 16.5 Å². The standard InChI is InChI=1S/C12H15NO3S/c1-2-3-4-5-10-17(16)12-8-6-11(7-9-12)13(14)15/h2,6-9H,1,3-5,10H2. The van der Waals surface area contributed by atoms with Crippen LogP contribution in [-0.4, -0.2) is 14.9 Å². The normalized spacial score (nSPS) is 12.0. The zero-order valence-corrected chi connectivity index (χ0v) is 10.3. The number of nitro groups is 1. The van der Waals surface area contributed by atoms with Crippen LogP contribution < -0.4 is 0 Å². The van der Waals surface area contributed by atoms with Crippen molar-refractivity contribution in [2.45, 2.75) is 24.2 Å². The average Bonchev–Trinajstić information content (AvgIpc) is 2.34. The van der Waals surface area contributed by atoms with E-state index in [1.54, 1.807) is 12.1 Å². The molecule has 1 unspecified atom stereocenters. The summed E-state index contributed by atoms with van der Waals surface area (Å²) in [6.45, 7) is 3.62. The van der Waals surface area contributed by atoms with Crippen molar-refractivity contribution in [3.05, 3.63) is 47.0 Å². The highest BCUT2D eigenvalue weighted by molar-refractivity contribution is 7.85. The second-order valence-electron chi connectivity index (χ2n) is 3.59. The number of unbranched alkanes of at least 4 members (excludes halogenated alkanes) is 2. The van der Waals surface area contributed by atoms with Gasteiger partial charge in [-0.2, -0.15) is 0 Å². The minimum Gasteiger partial charge on any atom is -0.258 e. The fourth-order valence-electron chi connectivity index (χ4n) is 1.36. The second kappa shape index (κ2) is 6.96. The molecule has 0 amide bonds. The van der Waals surface area contributed by atoms with Gasteiger partial charge in [0.1, 0.15) is 0 Å². The van der Waals surface area contributed by atoms with Crippen LogP contribution in [0.3, 0.4) is 0 Å². The molecule has 92 valence electrons. The summed E-state index contributed by atoms with van der Waals surface area (Å²) in [5.74, 6) is 0.589. The lowest BCUT2D eigenvalue weighted by Crippen LogP contribution is -1.98. The SMILES string of the molecule is C=CCCCCS(=O)c1ccc([N+](=O)[O-])cc1. The van der Waals surface area contributed by atoms with E-state index in [-0.39, 0.29) is 5.69 Å². The van der Waals surface area contributed by atoms with Gasteiger partial charge in [0.05, 0.1) is 15.7 Å². The van der Waals surface area contributed by atoms with Gasteiger partial charge >= 0.3 is 0 Å². The molecule has 0 saturated carbocycles. The number of hydrogen-bond acceptors (Lipinski definition) is 3. The van der Waals surface area contributed by atoms with E-state index >= 15 is 0 Å². The summed E-state index contributed by atoms with van der Waals surface area (Å²) < 4.78 is 11.8. The minimum absolute atomic E-state index is 0.0254. The molecule has 0 radical (unpaired) electrons. The Morgan fingerprint density at radius 3 is 2.47 bits per heavy atom. The average molecular weight is 253 g/mol. The lowest BCUT2D eigenvalue weighted by molar-refractivity contribution is -0.384. The topological polar surface area (TPSA) is 60.2 Å². The van der Waals surface area contributed by atoms with Crippen LogP contribution in [0, 0.1) is 10.1 Å². The number of non-ortho nitro benzene ring substituents is 1. The van der Waals surface area contributed by atoms with Crippen molar-refractivity contribution < 1.29 is 9.13 Å². The van der Waals surface area contributed by atoms with Crippen LogP contribution in [0.5, 0.6) is 0 Å². The zero-order chi connectivity index (χ0) is 12.7. The predicted octanol–water partition coefficient (Wildman–Crippen LogP) is 3.06. The molecule has 17 heavy (non-hydrogen) atoms. The van der Waals surface area contributed by atoms with E-state index < -0.39 is 15.7 Å². The first-order valence-electron chi connectivity index (χ1n) is 5.39. The predicted molar refractivity (Wildman–Crippen MR) is 68.4 cm³/mol. The highest BCUT2D eigenvalue weighted by atomic mass is 32.2. The summed E-state index contributed by atoms with van der Waals surface area (Å²) in [5.41, 5.74) is 0.0254. The molecule has 0 aliphatic rings. The summed E-state index contributed by atoms with van der Waals surface area (Å²) in [5, 5.41) is 10.4. The van der Waals surface area contributed by atoms with Gasteiger partial charge in [0.25, 0.3) is 5.69 Å². The first-order chi connectivity index (χ1) is 8.15. The van der Waals surface area contributed by atoms with Crippen molar-refractivity contribution in [1.82, 2.24) is 0 Å². The van der Waals surface area contributed by atoms with Gasteiger partial charge < -0.3 is 0 Å². The van der Waals surface area contributed by atoms with Crippen LogP contribution in [0.2, 0.25) is 0 Å². The van der Waals surface area contributed by atoms with E-state index in [9.17, 15) is 14.3 Å². The van der Waals surface area contributed by atoms with Crippen LogP contribution in [0.25, 0.3) is 0 Å². The molecule has 4 nitrogen and oxygen atoms in total. The van der Waals surface area contributed by atoms with E-state index in [1.807, 2.05) is 6.08 Å². The fraction of sp³-hybridized carbons (Fsp3) is 0.333. The van der Waals surface area contributed by atoms with Gasteiger partial charge in [-0.25, -0.2) is 0 Å². The zero-order valence-electron chi connectivity index (χ0n) is 9.50. The largest absolute Gasteiger partial charge is 0.269 e. The summed E-state index contributed by atoms with van der Waals surface area (Å²) in [4.78, 5) is 10.6. The molecule has 1 aromatic carbocycles. The molecule has 0 spiro atoms. The number of nitrogens with zero attached hydrogens (tertiary/aromatic N) is 1. The molecular formula is C12H15NO3S. The highest BCUT2D eigenvalue weighted by Gasteiger charge is 2.07. The van der Waals surface area contributed by atoms with E-state index in [4.69, 9.17) is 0 Å². The smallest absolute Gasteiger partial charge is 0.258 e. The van der Waals surface area contributed by atoms with Crippen molar-refractivity contribution in [1.29, 1.82) is 0 Å². The molecule has 1 aromatic rings. The van der Waals surface area contributed by atoms with Crippen LogP contribution in [-0.2, 0) is 10.8 Å². The molecule has 0 aliphatic carbocycles. The van der Waals surface area contributed by atoms with Gasteiger partial charge in [-0.1, -0.05) is 6.08 Å². The second-order valence-corrected chi connectivity index (χ2v) is 5.16. The third kappa shape index (κ3) is 4.48. The van der Waals surface area contributed by atoms with Crippen LogP contribution in [0.15, 0.2) is 41.8 Å². The Kier molecular flexibility index (Phi) is 5.56. The van der Waals surface area contributed by atoms with E-state index in [0.717, 1.165) is 19.3 Å². The van der Waals surface area contributed by atoms with Gasteiger partial charge in [0.2, 0.25) is 0 Å². The molecule has 0 N–H and O–H groups in total. The van der Waals surface area contributed by atoms with Gasteiger partial charge in [-0.3, -0.25) is 14.3 Å². The molecule has 1 atom stereocenters. The Balaban J connectivity index is 2.51. The molecule has 0 heterocycles. The first kappa shape index (κ1) is 13.6. The lowest BCUT2D eigenvalue weighted by atomic mass is 10.2. The Labute approximate surface area is 103 Å². The van der Waals surface area contributed by atoms with Crippen molar-refractivity contribution in [3.63, 3.8) is 0 Å². The lowest BCUT2D eigenvalue weighted by Gasteiger charge is -2.01. The monoisotopic (exact) mass is 253 g/mol. The molecule has 1 rings (SSSR count). The summed E-state index contributed by atoms with van der Waals surface area (Å²) in [6, 6.07) is 5.89. The number of allylic oxidation sites excluding steroid dienone is 1. The first-order valence-corrected chi connectivity index (χ1v) is 6.71. The molecule has 0 aliphatic heterocycles. The fourth-order valence-corrected chi connectivity index (χ4v) is 2.50. The Bertz CT molecular complexity index is 414. The molecule has 0 aromatic heterocycles. The summed E-state index contributed by atoms with van der Waals surface area (Å²) in [6.07, 6.45) is 4.62. The summed E-state index contributed by atoms with van der Waals surface area (Å²) >= 11 is 0. The third-order valence-electron chi connectivity index (χ3n) is 2.30. The van der Waals surface area contributed by atoms with E-state index in [0.29, 0.717) is 10.6 Å². The van der Waals surface area contributed by atoms with Crippen LogP contribution in [0.4, 0.5) is 5.69 Å². The number of nitro benzene ring substituents is 1. The maximum Gasteiger partial charge on any atom is 0.269 e. The number of rotatable bonds is 7. The highest BCUT2D eigenvalue weighted by Crippen LogP contribution is 2.15. The van der Waals surface area contributed by atoms with Gasteiger partial charge in [0, 0.05) is 22.8 Å². The molecule has 5 heteroatoms. The summed E-state index contributed by atoms with van der Waals surface area (Å²) in [7, 11) is -1.07. The van der Waals surface area contributed by atoms with Crippen LogP contribution >= 0.6 is 0 Å². The minimum atomic E-state index is -1.07. The number of benzene rings is 1. The van der Waals surface area contributed by atoms with Gasteiger partial charge in [-0.15, -0.1) is 6.58 Å². The van der Waals surface area contributed by atoms with Crippen molar-refractivity contribution in [2.24, 2.45) is 0 Å².